The molecule has 0 bridgehead atoms. The van der Waals surface area contributed by atoms with Gasteiger partial charge in [0.1, 0.15) is 0 Å². The lowest BCUT2D eigenvalue weighted by Crippen LogP contribution is -2.26. The molecule has 0 radical (unpaired) electrons. The molecule has 2 rings (SSSR count). The van der Waals surface area contributed by atoms with Crippen LogP contribution in [-0.2, 0) is 16.6 Å². The highest BCUT2D eigenvalue weighted by Gasteiger charge is 2.34. The van der Waals surface area contributed by atoms with Crippen LogP contribution in [0.1, 0.15) is 11.1 Å². The van der Waals surface area contributed by atoms with E-state index in [-0.39, 0.29) is 17.1 Å². The zero-order valence-corrected chi connectivity index (χ0v) is 15.3. The van der Waals surface area contributed by atoms with Gasteiger partial charge in [0.2, 0.25) is 10.0 Å². The van der Waals surface area contributed by atoms with Crippen molar-refractivity contribution in [2.24, 2.45) is 10.2 Å². The Bertz CT molecular complexity index is 935. The van der Waals surface area contributed by atoms with E-state index >= 15 is 0 Å². The number of sulfonamides is 1. The third-order valence-corrected chi connectivity index (χ3v) is 4.56. The Kier molecular flexibility index (Phi) is 6.07. The van der Waals surface area contributed by atoms with E-state index in [0.717, 1.165) is 16.1 Å². The highest BCUT2D eigenvalue weighted by Crippen LogP contribution is 2.24. The standard InChI is InChI=1S/C18H18F3N3O2S/c1-3-17(18(19,20)21)23-24(12-14-6-4-13(2)5-7-14)15-8-10-16(11-9-15)27(22,25)26/h3-11H,1,12H2,2H3,(H2,22,25,26)/b23-17+. The Morgan fingerprint density at radius 2 is 1.70 bits per heavy atom. The molecule has 0 aromatic heterocycles. The topological polar surface area (TPSA) is 75.8 Å². The Hall–Kier alpha value is -2.65. The number of nitrogens with two attached hydrogens (primary N) is 1. The van der Waals surface area contributed by atoms with Crippen LogP contribution in [0.4, 0.5) is 18.9 Å². The van der Waals surface area contributed by atoms with Gasteiger partial charge in [-0.2, -0.15) is 18.3 Å². The zero-order valence-electron chi connectivity index (χ0n) is 14.4. The molecule has 0 fully saturated rings. The third kappa shape index (κ3) is 5.66. The SMILES string of the molecule is C=C/C(=N\N(Cc1ccc(C)cc1)c1ccc(S(N)(=O)=O)cc1)C(F)(F)F. The van der Waals surface area contributed by atoms with Crippen LogP contribution in [0.5, 0.6) is 0 Å². The minimum atomic E-state index is -4.67. The maximum absolute atomic E-state index is 13.1. The van der Waals surface area contributed by atoms with Gasteiger partial charge in [0.25, 0.3) is 0 Å². The van der Waals surface area contributed by atoms with Crippen LogP contribution >= 0.6 is 0 Å². The summed E-state index contributed by atoms with van der Waals surface area (Å²) in [5.74, 6) is 0. The first-order chi connectivity index (χ1) is 12.5. The van der Waals surface area contributed by atoms with E-state index in [1.165, 1.54) is 24.3 Å². The van der Waals surface area contributed by atoms with Gasteiger partial charge in [0.15, 0.2) is 5.71 Å². The molecule has 27 heavy (non-hydrogen) atoms. The molecule has 0 heterocycles. The van der Waals surface area contributed by atoms with Gasteiger partial charge in [-0.05, 0) is 42.8 Å². The predicted octanol–water partition coefficient (Wildman–Crippen LogP) is 3.75. The summed E-state index contributed by atoms with van der Waals surface area (Å²) in [5, 5.41) is 9.85. The van der Waals surface area contributed by atoms with Crippen molar-refractivity contribution >= 4 is 21.4 Å². The van der Waals surface area contributed by atoms with E-state index in [4.69, 9.17) is 5.14 Å². The number of alkyl halides is 3. The molecule has 5 nitrogen and oxygen atoms in total. The minimum absolute atomic E-state index is 0.0441. The third-order valence-electron chi connectivity index (χ3n) is 3.63. The molecule has 0 spiro atoms. The number of hydrogen-bond donors (Lipinski definition) is 1. The lowest BCUT2D eigenvalue weighted by Gasteiger charge is -2.21. The van der Waals surface area contributed by atoms with E-state index in [9.17, 15) is 21.6 Å². The van der Waals surface area contributed by atoms with E-state index in [1.807, 2.05) is 19.1 Å². The van der Waals surface area contributed by atoms with Gasteiger partial charge >= 0.3 is 6.18 Å². The van der Waals surface area contributed by atoms with Gasteiger partial charge in [0.05, 0.1) is 17.1 Å². The number of halogens is 3. The number of aryl methyl sites for hydroxylation is 1. The number of primary sulfonamides is 1. The lowest BCUT2D eigenvalue weighted by atomic mass is 10.1. The fourth-order valence-electron chi connectivity index (χ4n) is 2.20. The van der Waals surface area contributed by atoms with Crippen molar-refractivity contribution < 1.29 is 21.6 Å². The van der Waals surface area contributed by atoms with Crippen LogP contribution in [0.2, 0.25) is 0 Å². The lowest BCUT2D eigenvalue weighted by molar-refractivity contribution is -0.0579. The monoisotopic (exact) mass is 397 g/mol. The number of nitrogens with zero attached hydrogens (tertiary/aromatic N) is 2. The van der Waals surface area contributed by atoms with Crippen LogP contribution in [0.25, 0.3) is 0 Å². The van der Waals surface area contributed by atoms with Crippen LogP contribution in [-0.4, -0.2) is 20.3 Å². The first kappa shape index (κ1) is 20.7. The average Bonchev–Trinajstić information content (AvgIpc) is 2.58. The number of rotatable bonds is 6. The molecule has 0 aliphatic heterocycles. The largest absolute Gasteiger partial charge is 0.435 e. The summed E-state index contributed by atoms with van der Waals surface area (Å²) in [4.78, 5) is -0.148. The molecule has 2 N–H and O–H groups in total. The summed E-state index contributed by atoms with van der Waals surface area (Å²) in [6.45, 7) is 5.10. The molecule has 0 amide bonds. The molecule has 2 aromatic rings. The number of allylic oxidation sites excluding steroid dienone is 1. The molecule has 0 aliphatic carbocycles. The average molecular weight is 397 g/mol. The molecular formula is C18H18F3N3O2S. The van der Waals surface area contributed by atoms with Crippen LogP contribution in [0.3, 0.4) is 0 Å². The van der Waals surface area contributed by atoms with E-state index in [1.54, 1.807) is 12.1 Å². The van der Waals surface area contributed by atoms with Crippen LogP contribution < -0.4 is 10.1 Å². The molecular weight excluding hydrogens is 379 g/mol. The maximum Gasteiger partial charge on any atom is 0.435 e. The normalized spacial score (nSPS) is 12.7. The number of benzene rings is 2. The van der Waals surface area contributed by atoms with Gasteiger partial charge in [-0.1, -0.05) is 36.4 Å². The number of hydrazone groups is 1. The summed E-state index contributed by atoms with van der Waals surface area (Å²) in [6.07, 6.45) is -4.05. The van der Waals surface area contributed by atoms with E-state index in [2.05, 4.69) is 11.7 Å². The van der Waals surface area contributed by atoms with E-state index < -0.39 is 21.9 Å². The molecule has 0 saturated heterocycles. The summed E-state index contributed by atoms with van der Waals surface area (Å²) in [6, 6.07) is 12.3. The van der Waals surface area contributed by atoms with Crippen molar-refractivity contribution in [2.45, 2.75) is 24.5 Å². The van der Waals surface area contributed by atoms with E-state index in [0.29, 0.717) is 6.08 Å². The quantitative estimate of drug-likeness (QED) is 0.596. The summed E-state index contributed by atoms with van der Waals surface area (Å²) in [5.41, 5.74) is 0.843. The van der Waals surface area contributed by atoms with Crippen molar-refractivity contribution in [3.05, 3.63) is 72.3 Å². The molecule has 2 aromatic carbocycles. The summed E-state index contributed by atoms with van der Waals surface area (Å²) < 4.78 is 62.0. The fraction of sp³-hybridized carbons (Fsp3) is 0.167. The second-order valence-corrected chi connectivity index (χ2v) is 7.33. The zero-order chi connectivity index (χ0) is 20.2. The molecule has 0 unspecified atom stereocenters. The van der Waals surface area contributed by atoms with Crippen molar-refractivity contribution in [3.8, 4) is 0 Å². The minimum Gasteiger partial charge on any atom is -0.261 e. The van der Waals surface area contributed by atoms with Crippen LogP contribution in [0.15, 0.2) is 71.2 Å². The summed E-state index contributed by atoms with van der Waals surface area (Å²) in [7, 11) is -3.91. The first-order valence-electron chi connectivity index (χ1n) is 7.75. The molecule has 9 heteroatoms. The van der Waals surface area contributed by atoms with Crippen molar-refractivity contribution in [1.82, 2.24) is 0 Å². The number of hydrogen-bond acceptors (Lipinski definition) is 4. The van der Waals surface area contributed by atoms with Gasteiger partial charge in [-0.3, -0.25) is 5.01 Å². The fourth-order valence-corrected chi connectivity index (χ4v) is 2.72. The smallest absolute Gasteiger partial charge is 0.261 e. The van der Waals surface area contributed by atoms with Crippen molar-refractivity contribution in [1.29, 1.82) is 0 Å². The highest BCUT2D eigenvalue weighted by molar-refractivity contribution is 7.89. The van der Waals surface area contributed by atoms with Gasteiger partial charge in [-0.25, -0.2) is 13.6 Å². The Morgan fingerprint density at radius 3 is 2.15 bits per heavy atom. The van der Waals surface area contributed by atoms with Gasteiger partial charge < -0.3 is 0 Å². The molecule has 0 saturated carbocycles. The molecule has 0 aliphatic rings. The number of anilines is 1. The van der Waals surface area contributed by atoms with Crippen molar-refractivity contribution in [3.63, 3.8) is 0 Å². The van der Waals surface area contributed by atoms with Gasteiger partial charge in [0, 0.05) is 0 Å². The summed E-state index contributed by atoms with van der Waals surface area (Å²) >= 11 is 0. The second-order valence-electron chi connectivity index (χ2n) is 5.77. The maximum atomic E-state index is 13.1. The Morgan fingerprint density at radius 1 is 1.15 bits per heavy atom. The highest BCUT2D eigenvalue weighted by atomic mass is 32.2. The first-order valence-corrected chi connectivity index (χ1v) is 9.29. The Labute approximate surface area is 155 Å². The molecule has 0 atom stereocenters. The predicted molar refractivity (Wildman–Crippen MR) is 98.9 cm³/mol. The molecule has 144 valence electrons. The Balaban J connectivity index is 2.47. The van der Waals surface area contributed by atoms with Crippen LogP contribution in [0, 0.1) is 6.92 Å². The van der Waals surface area contributed by atoms with Gasteiger partial charge in [-0.15, -0.1) is 0 Å². The van der Waals surface area contributed by atoms with Crippen molar-refractivity contribution in [2.75, 3.05) is 5.01 Å². The second kappa shape index (κ2) is 7.93.